The summed E-state index contributed by atoms with van der Waals surface area (Å²) in [7, 11) is 2.18. The molecule has 0 radical (unpaired) electrons. The summed E-state index contributed by atoms with van der Waals surface area (Å²) < 4.78 is 0. The maximum absolute atomic E-state index is 4.68. The Morgan fingerprint density at radius 1 is 0.857 bits per heavy atom. The van der Waals surface area contributed by atoms with Gasteiger partial charge in [-0.15, -0.1) is 0 Å². The van der Waals surface area contributed by atoms with E-state index in [2.05, 4.69) is 91.5 Å². The van der Waals surface area contributed by atoms with Crippen LogP contribution in [-0.4, -0.2) is 69.3 Å². The Bertz CT molecular complexity index is 1490. The number of H-pyrrole nitrogens is 2. The van der Waals surface area contributed by atoms with Crippen molar-refractivity contribution >= 4 is 33.2 Å². The minimum Gasteiger partial charge on any atom is -0.382 e. The van der Waals surface area contributed by atoms with Gasteiger partial charge >= 0.3 is 0 Å². The Morgan fingerprint density at radius 2 is 1.69 bits per heavy atom. The molecule has 8 heteroatoms. The van der Waals surface area contributed by atoms with Gasteiger partial charge in [-0.2, -0.15) is 5.10 Å². The van der Waals surface area contributed by atoms with Crippen molar-refractivity contribution in [3.63, 3.8) is 0 Å². The van der Waals surface area contributed by atoms with Crippen LogP contribution < -0.4 is 10.2 Å². The van der Waals surface area contributed by atoms with Gasteiger partial charge in [0.2, 0.25) is 0 Å². The summed E-state index contributed by atoms with van der Waals surface area (Å²) in [5.74, 6) is 0. The lowest BCUT2D eigenvalue weighted by Gasteiger charge is -2.34. The topological polar surface area (TPSA) is 88.8 Å². The number of hydrogen-bond acceptors (Lipinski definition) is 6. The van der Waals surface area contributed by atoms with E-state index in [-0.39, 0.29) is 0 Å². The van der Waals surface area contributed by atoms with E-state index in [1.165, 1.54) is 11.1 Å². The zero-order chi connectivity index (χ0) is 23.9. The largest absolute Gasteiger partial charge is 0.382 e. The highest BCUT2D eigenvalue weighted by atomic mass is 15.3. The molecule has 0 unspecified atom stereocenters. The van der Waals surface area contributed by atoms with Crippen LogP contribution in [0.2, 0.25) is 0 Å². The van der Waals surface area contributed by atoms with Gasteiger partial charge in [-0.25, -0.2) is 0 Å². The predicted molar refractivity (Wildman–Crippen MR) is 143 cm³/mol. The van der Waals surface area contributed by atoms with Crippen molar-refractivity contribution in [2.24, 2.45) is 0 Å². The summed E-state index contributed by atoms with van der Waals surface area (Å²) in [5, 5.41) is 13.6. The van der Waals surface area contributed by atoms with Crippen LogP contribution in [0.25, 0.3) is 44.3 Å². The monoisotopic (exact) mass is 466 g/mol. The van der Waals surface area contributed by atoms with Gasteiger partial charge in [0.05, 0.1) is 40.5 Å². The lowest BCUT2D eigenvalue weighted by molar-refractivity contribution is 0.313. The lowest BCUT2D eigenvalue weighted by Crippen LogP contribution is -2.44. The van der Waals surface area contributed by atoms with Gasteiger partial charge in [-0.1, -0.05) is 6.07 Å². The Hall–Kier alpha value is -3.91. The van der Waals surface area contributed by atoms with Crippen LogP contribution in [0.4, 0.5) is 11.4 Å². The molecule has 1 aliphatic rings. The maximum atomic E-state index is 4.68. The fourth-order valence-electron chi connectivity index (χ4n) is 4.87. The molecule has 1 fully saturated rings. The number of hydrogen-bond donors (Lipinski definition) is 3. The average Bonchev–Trinajstić information content (AvgIpc) is 3.48. The summed E-state index contributed by atoms with van der Waals surface area (Å²) in [6, 6.07) is 11.1. The number of aromatic amines is 2. The summed E-state index contributed by atoms with van der Waals surface area (Å²) in [6.45, 7) is 8.38. The first-order valence-electron chi connectivity index (χ1n) is 12.2. The molecule has 0 aliphatic carbocycles. The molecule has 35 heavy (non-hydrogen) atoms. The van der Waals surface area contributed by atoms with Gasteiger partial charge in [-0.3, -0.25) is 15.1 Å². The third kappa shape index (κ3) is 4.10. The highest BCUT2D eigenvalue weighted by molar-refractivity contribution is 6.00. The van der Waals surface area contributed by atoms with Crippen molar-refractivity contribution < 1.29 is 0 Å². The summed E-state index contributed by atoms with van der Waals surface area (Å²) in [6.07, 6.45) is 7.65. The number of piperazine rings is 1. The fraction of sp³-hybridized carbons (Fsp3) is 0.296. The first kappa shape index (κ1) is 21.6. The number of anilines is 2. The van der Waals surface area contributed by atoms with Crippen molar-refractivity contribution in [1.29, 1.82) is 0 Å². The third-order valence-corrected chi connectivity index (χ3v) is 6.71. The minimum atomic E-state index is 0.349. The van der Waals surface area contributed by atoms with Crippen LogP contribution in [0, 0.1) is 0 Å². The van der Waals surface area contributed by atoms with Crippen LogP contribution in [0.3, 0.4) is 0 Å². The van der Waals surface area contributed by atoms with Crippen molar-refractivity contribution in [1.82, 2.24) is 30.0 Å². The van der Waals surface area contributed by atoms with E-state index < -0.39 is 0 Å². The Labute approximate surface area is 204 Å². The van der Waals surface area contributed by atoms with E-state index in [9.17, 15) is 0 Å². The van der Waals surface area contributed by atoms with Gasteiger partial charge in [0.15, 0.2) is 0 Å². The number of nitrogens with zero attached hydrogens (tertiary/aromatic N) is 5. The van der Waals surface area contributed by atoms with Crippen molar-refractivity contribution in [2.45, 2.75) is 19.9 Å². The van der Waals surface area contributed by atoms with Crippen molar-refractivity contribution in [3.8, 4) is 22.5 Å². The molecule has 0 amide bonds. The van der Waals surface area contributed by atoms with Crippen LogP contribution >= 0.6 is 0 Å². The molecule has 1 aliphatic heterocycles. The highest BCUT2D eigenvalue weighted by Crippen LogP contribution is 2.34. The normalized spacial score (nSPS) is 14.9. The SMILES string of the molecule is CC(C)Nc1cncc(-c2ccc3[nH]nc(-c4cc5c(N6CCN(C)CC6)cncc5[nH]4)c3c2)c1. The minimum absolute atomic E-state index is 0.349. The molecule has 0 atom stereocenters. The third-order valence-electron chi connectivity index (χ3n) is 6.71. The van der Waals surface area contributed by atoms with Crippen LogP contribution in [0.15, 0.2) is 55.1 Å². The summed E-state index contributed by atoms with van der Waals surface area (Å²) >= 11 is 0. The molecule has 1 aromatic carbocycles. The molecule has 5 heterocycles. The number of likely N-dealkylation sites (N-methyl/N-ethyl adjacent to an activating group) is 1. The molecule has 6 rings (SSSR count). The van der Waals surface area contributed by atoms with Crippen molar-refractivity contribution in [3.05, 3.63) is 55.1 Å². The summed E-state index contributed by atoms with van der Waals surface area (Å²) in [4.78, 5) is 17.3. The predicted octanol–water partition coefficient (Wildman–Crippen LogP) is 4.74. The van der Waals surface area contributed by atoms with Crippen LogP contribution in [0.5, 0.6) is 0 Å². The second kappa shape index (κ2) is 8.70. The molecule has 8 nitrogen and oxygen atoms in total. The number of nitrogens with one attached hydrogen (secondary N) is 3. The molecule has 3 N–H and O–H groups in total. The van der Waals surface area contributed by atoms with Gasteiger partial charge in [0, 0.05) is 61.0 Å². The van der Waals surface area contributed by atoms with Crippen molar-refractivity contribution in [2.75, 3.05) is 43.4 Å². The van der Waals surface area contributed by atoms with E-state index >= 15 is 0 Å². The molecule has 1 saturated heterocycles. The number of benzene rings is 1. The molecule has 5 aromatic rings. The standard InChI is InChI=1S/C27H30N8/c1-17(2)30-20-10-19(13-28-14-20)18-4-5-23-22(11-18)27(33-32-23)24-12-21-25(31-24)15-29-16-26(21)35-8-6-34(3)7-9-35/h4-5,10-17,30-31H,6-9H2,1-3H3,(H,32,33). The van der Waals surface area contributed by atoms with E-state index in [1.807, 2.05) is 24.8 Å². The average molecular weight is 467 g/mol. The molecule has 178 valence electrons. The molecule has 0 saturated carbocycles. The molecule has 0 spiro atoms. The van der Waals surface area contributed by atoms with Crippen LogP contribution in [-0.2, 0) is 0 Å². The van der Waals surface area contributed by atoms with E-state index in [4.69, 9.17) is 0 Å². The lowest BCUT2D eigenvalue weighted by atomic mass is 10.0. The number of aromatic nitrogens is 5. The second-order valence-electron chi connectivity index (χ2n) is 9.69. The smallest absolute Gasteiger partial charge is 0.116 e. The zero-order valence-corrected chi connectivity index (χ0v) is 20.3. The first-order valence-corrected chi connectivity index (χ1v) is 12.2. The van der Waals surface area contributed by atoms with E-state index in [0.29, 0.717) is 6.04 Å². The molecular formula is C27H30N8. The quantitative estimate of drug-likeness (QED) is 0.347. The number of rotatable bonds is 5. The zero-order valence-electron chi connectivity index (χ0n) is 20.3. The summed E-state index contributed by atoms with van der Waals surface area (Å²) in [5.41, 5.74) is 8.30. The fourth-order valence-corrected chi connectivity index (χ4v) is 4.87. The van der Waals surface area contributed by atoms with E-state index in [1.54, 1.807) is 0 Å². The Balaban J connectivity index is 1.39. The molecule has 4 aromatic heterocycles. The Morgan fingerprint density at radius 3 is 2.51 bits per heavy atom. The molecule has 0 bridgehead atoms. The van der Waals surface area contributed by atoms with Gasteiger partial charge < -0.3 is 20.1 Å². The number of fused-ring (bicyclic) bond motifs is 2. The van der Waals surface area contributed by atoms with Crippen LogP contribution in [0.1, 0.15) is 13.8 Å². The van der Waals surface area contributed by atoms with E-state index in [0.717, 1.165) is 70.8 Å². The van der Waals surface area contributed by atoms with Gasteiger partial charge in [0.1, 0.15) is 5.69 Å². The highest BCUT2D eigenvalue weighted by Gasteiger charge is 2.19. The maximum Gasteiger partial charge on any atom is 0.116 e. The first-order chi connectivity index (χ1) is 17.0. The Kier molecular flexibility index (Phi) is 5.37. The van der Waals surface area contributed by atoms with Gasteiger partial charge in [-0.05, 0) is 50.7 Å². The number of pyridine rings is 2. The van der Waals surface area contributed by atoms with Gasteiger partial charge in [0.25, 0.3) is 0 Å². The second-order valence-corrected chi connectivity index (χ2v) is 9.69. The molecular weight excluding hydrogens is 436 g/mol.